The topological polar surface area (TPSA) is 93.1 Å². The molecule has 0 saturated carbocycles. The van der Waals surface area contributed by atoms with E-state index in [9.17, 15) is 13.2 Å². The molecule has 9 heteroatoms. The van der Waals surface area contributed by atoms with E-state index in [1.54, 1.807) is 6.07 Å². The first-order valence-electron chi connectivity index (χ1n) is 7.01. The molecule has 0 aliphatic rings. The Kier molecular flexibility index (Phi) is 5.76. The van der Waals surface area contributed by atoms with Crippen LogP contribution in [0.1, 0.15) is 0 Å². The average molecular weight is 386 g/mol. The maximum absolute atomic E-state index is 13.0. The second-order valence-electron chi connectivity index (χ2n) is 4.90. The van der Waals surface area contributed by atoms with Crippen LogP contribution < -0.4 is 13.8 Å². The van der Waals surface area contributed by atoms with E-state index in [1.807, 2.05) is 0 Å². The Hall–Kier alpha value is -2.45. The number of aliphatic carboxylic acids is 1. The Labute approximate surface area is 150 Å². The van der Waals surface area contributed by atoms with Crippen molar-refractivity contribution in [3.05, 3.63) is 47.5 Å². The maximum Gasteiger partial charge on any atom is 0.324 e. The fraction of sp³-hybridized carbons (Fsp3) is 0.188. The quantitative estimate of drug-likeness (QED) is 0.787. The number of rotatable bonds is 7. The highest BCUT2D eigenvalue weighted by atomic mass is 35.5. The van der Waals surface area contributed by atoms with Crippen LogP contribution in [0.4, 0.5) is 5.69 Å². The molecule has 2 aromatic carbocycles. The van der Waals surface area contributed by atoms with Crippen LogP contribution in [-0.2, 0) is 14.8 Å². The number of hydrogen-bond acceptors (Lipinski definition) is 5. The van der Waals surface area contributed by atoms with Crippen molar-refractivity contribution in [3.63, 3.8) is 0 Å². The van der Waals surface area contributed by atoms with E-state index in [0.717, 1.165) is 4.31 Å². The fourth-order valence-corrected chi connectivity index (χ4v) is 3.78. The highest BCUT2D eigenvalue weighted by Gasteiger charge is 2.28. The molecule has 0 aromatic heterocycles. The van der Waals surface area contributed by atoms with Crippen molar-refractivity contribution in [2.24, 2.45) is 0 Å². The number of anilines is 1. The minimum Gasteiger partial charge on any atom is -0.493 e. The minimum atomic E-state index is -4.17. The summed E-state index contributed by atoms with van der Waals surface area (Å²) in [5, 5.41) is 9.41. The first-order valence-corrected chi connectivity index (χ1v) is 8.83. The zero-order valence-electron chi connectivity index (χ0n) is 13.5. The second-order valence-corrected chi connectivity index (χ2v) is 7.20. The zero-order chi connectivity index (χ0) is 18.6. The van der Waals surface area contributed by atoms with Crippen LogP contribution in [0.15, 0.2) is 47.4 Å². The summed E-state index contributed by atoms with van der Waals surface area (Å²) in [6, 6.07) is 9.96. The lowest BCUT2D eigenvalue weighted by molar-refractivity contribution is -0.135. The number of carbonyl (C=O) groups is 1. The summed E-state index contributed by atoms with van der Waals surface area (Å²) in [5.41, 5.74) is 0.143. The van der Waals surface area contributed by atoms with Gasteiger partial charge in [0.15, 0.2) is 11.5 Å². The molecule has 0 saturated heterocycles. The standard InChI is InChI=1S/C16H16ClNO6S/c1-23-14-7-6-13(9-15(14)24-2)25(21,22)18(10-16(19)20)12-5-3-4-11(17)8-12/h3-9H,10H2,1-2H3,(H,19,20). The molecule has 0 fully saturated rings. The highest BCUT2D eigenvalue weighted by Crippen LogP contribution is 2.32. The molecular weight excluding hydrogens is 370 g/mol. The third-order valence-corrected chi connectivity index (χ3v) is 5.32. The first kappa shape index (κ1) is 18.9. The van der Waals surface area contributed by atoms with Crippen molar-refractivity contribution >= 4 is 33.3 Å². The molecule has 2 aromatic rings. The van der Waals surface area contributed by atoms with Crippen molar-refractivity contribution in [3.8, 4) is 11.5 Å². The lowest BCUT2D eigenvalue weighted by Crippen LogP contribution is -2.35. The van der Waals surface area contributed by atoms with Crippen LogP contribution in [0.25, 0.3) is 0 Å². The van der Waals surface area contributed by atoms with Gasteiger partial charge in [-0.3, -0.25) is 9.10 Å². The van der Waals surface area contributed by atoms with E-state index in [1.165, 1.54) is 50.6 Å². The van der Waals surface area contributed by atoms with Gasteiger partial charge in [-0.05, 0) is 30.3 Å². The van der Waals surface area contributed by atoms with Crippen LogP contribution in [0, 0.1) is 0 Å². The molecule has 0 spiro atoms. The van der Waals surface area contributed by atoms with Gasteiger partial charge in [-0.2, -0.15) is 0 Å². The predicted molar refractivity (Wildman–Crippen MR) is 93.2 cm³/mol. The van der Waals surface area contributed by atoms with E-state index >= 15 is 0 Å². The van der Waals surface area contributed by atoms with Crippen molar-refractivity contribution in [2.45, 2.75) is 4.90 Å². The molecule has 1 N–H and O–H groups in total. The van der Waals surface area contributed by atoms with Gasteiger partial charge in [0.1, 0.15) is 6.54 Å². The van der Waals surface area contributed by atoms with Crippen molar-refractivity contribution in [1.82, 2.24) is 0 Å². The Balaban J connectivity index is 2.57. The Bertz CT molecular complexity index is 884. The number of ether oxygens (including phenoxy) is 2. The number of carboxylic acid groups (broad SMARTS) is 1. The van der Waals surface area contributed by atoms with Gasteiger partial charge in [-0.15, -0.1) is 0 Å². The van der Waals surface area contributed by atoms with Crippen LogP contribution in [-0.4, -0.2) is 40.3 Å². The number of hydrogen-bond donors (Lipinski definition) is 1. The maximum atomic E-state index is 13.0. The summed E-state index contributed by atoms with van der Waals surface area (Å²) >= 11 is 5.90. The number of halogens is 1. The van der Waals surface area contributed by atoms with Gasteiger partial charge in [0, 0.05) is 11.1 Å². The van der Waals surface area contributed by atoms with Gasteiger partial charge >= 0.3 is 5.97 Å². The van der Waals surface area contributed by atoms with Gasteiger partial charge in [-0.25, -0.2) is 8.42 Å². The SMILES string of the molecule is COc1ccc(S(=O)(=O)N(CC(=O)O)c2cccc(Cl)c2)cc1OC. The molecule has 0 bridgehead atoms. The molecule has 0 heterocycles. The zero-order valence-corrected chi connectivity index (χ0v) is 15.0. The van der Waals surface area contributed by atoms with E-state index in [0.29, 0.717) is 5.75 Å². The van der Waals surface area contributed by atoms with Crippen LogP contribution >= 0.6 is 11.6 Å². The van der Waals surface area contributed by atoms with E-state index in [2.05, 4.69) is 0 Å². The summed E-state index contributed by atoms with van der Waals surface area (Å²) in [6.45, 7) is -0.753. The largest absolute Gasteiger partial charge is 0.493 e. The summed E-state index contributed by atoms with van der Waals surface area (Å²) in [6.07, 6.45) is 0. The summed E-state index contributed by atoms with van der Waals surface area (Å²) in [7, 11) is -1.36. The summed E-state index contributed by atoms with van der Waals surface area (Å²) < 4.78 is 36.9. The molecule has 0 unspecified atom stereocenters. The monoisotopic (exact) mass is 385 g/mol. The lowest BCUT2D eigenvalue weighted by Gasteiger charge is -2.23. The molecule has 0 atom stereocenters. The normalized spacial score (nSPS) is 11.0. The number of nitrogens with zero attached hydrogens (tertiary/aromatic N) is 1. The lowest BCUT2D eigenvalue weighted by atomic mass is 10.3. The third-order valence-electron chi connectivity index (χ3n) is 3.32. The number of carboxylic acids is 1. The Morgan fingerprint density at radius 2 is 1.80 bits per heavy atom. The van der Waals surface area contributed by atoms with E-state index in [4.69, 9.17) is 26.2 Å². The van der Waals surface area contributed by atoms with Gasteiger partial charge in [-0.1, -0.05) is 17.7 Å². The Morgan fingerprint density at radius 3 is 2.36 bits per heavy atom. The van der Waals surface area contributed by atoms with Gasteiger partial charge in [0.25, 0.3) is 10.0 Å². The molecule has 25 heavy (non-hydrogen) atoms. The second kappa shape index (κ2) is 7.62. The van der Waals surface area contributed by atoms with Crippen molar-refractivity contribution in [1.29, 1.82) is 0 Å². The van der Waals surface area contributed by atoms with Gasteiger partial charge in [0.05, 0.1) is 24.8 Å². The van der Waals surface area contributed by atoms with Crippen molar-refractivity contribution < 1.29 is 27.8 Å². The molecule has 0 aliphatic carbocycles. The molecule has 2 rings (SSSR count). The van der Waals surface area contributed by atoms with Crippen LogP contribution in [0.3, 0.4) is 0 Å². The average Bonchev–Trinajstić information content (AvgIpc) is 2.58. The summed E-state index contributed by atoms with van der Waals surface area (Å²) in [5.74, 6) is -0.733. The highest BCUT2D eigenvalue weighted by molar-refractivity contribution is 7.92. The fourth-order valence-electron chi connectivity index (χ4n) is 2.17. The molecule has 0 amide bonds. The third kappa shape index (κ3) is 4.15. The minimum absolute atomic E-state index is 0.133. The van der Waals surface area contributed by atoms with Crippen molar-refractivity contribution in [2.75, 3.05) is 25.1 Å². The smallest absolute Gasteiger partial charge is 0.324 e. The molecular formula is C16H16ClNO6S. The molecule has 7 nitrogen and oxygen atoms in total. The Morgan fingerprint density at radius 1 is 1.12 bits per heavy atom. The van der Waals surface area contributed by atoms with Gasteiger partial charge in [0.2, 0.25) is 0 Å². The number of benzene rings is 2. The van der Waals surface area contributed by atoms with Crippen LogP contribution in [0.2, 0.25) is 5.02 Å². The molecule has 134 valence electrons. The number of sulfonamides is 1. The van der Waals surface area contributed by atoms with E-state index < -0.39 is 22.5 Å². The first-order chi connectivity index (χ1) is 11.8. The van der Waals surface area contributed by atoms with Crippen LogP contribution in [0.5, 0.6) is 11.5 Å². The predicted octanol–water partition coefficient (Wildman–Crippen LogP) is 2.64. The number of methoxy groups -OCH3 is 2. The van der Waals surface area contributed by atoms with Gasteiger partial charge < -0.3 is 14.6 Å². The summed E-state index contributed by atoms with van der Waals surface area (Å²) in [4.78, 5) is 11.1. The van der Waals surface area contributed by atoms with E-state index in [-0.39, 0.29) is 21.4 Å². The molecule has 0 radical (unpaired) electrons. The molecule has 0 aliphatic heterocycles.